The molecule has 8 nitrogen and oxygen atoms in total. The number of rotatable bonds is 8. The summed E-state index contributed by atoms with van der Waals surface area (Å²) in [5.41, 5.74) is 3.60. The van der Waals surface area contributed by atoms with E-state index in [0.717, 1.165) is 28.7 Å². The highest BCUT2D eigenvalue weighted by Gasteiger charge is 2.30. The average Bonchev–Trinajstić information content (AvgIpc) is 3.48. The Morgan fingerprint density at radius 2 is 1.60 bits per heavy atom. The highest BCUT2D eigenvalue weighted by molar-refractivity contribution is 7.92. The lowest BCUT2D eigenvalue weighted by Gasteiger charge is -2.30. The van der Waals surface area contributed by atoms with Crippen molar-refractivity contribution in [3.05, 3.63) is 108 Å². The number of aryl methyl sites for hydroxylation is 1. The van der Waals surface area contributed by atoms with E-state index in [9.17, 15) is 13.2 Å². The minimum atomic E-state index is -3.80. The molecule has 0 radical (unpaired) electrons. The predicted molar refractivity (Wildman–Crippen MR) is 165 cm³/mol. The van der Waals surface area contributed by atoms with Crippen LogP contribution in [-0.4, -0.2) is 40.1 Å². The second-order valence-electron chi connectivity index (χ2n) is 9.85. The Kier molecular flexibility index (Phi) is 7.57. The molecule has 0 saturated carbocycles. The number of amides is 1. The molecule has 0 aliphatic carbocycles. The van der Waals surface area contributed by atoms with Crippen molar-refractivity contribution >= 4 is 48.3 Å². The van der Waals surface area contributed by atoms with Crippen LogP contribution in [0.5, 0.6) is 11.5 Å². The number of ether oxygens (including phenoxy) is 2. The zero-order chi connectivity index (χ0) is 29.3. The van der Waals surface area contributed by atoms with Crippen LogP contribution in [0.15, 0.2) is 95.9 Å². The summed E-state index contributed by atoms with van der Waals surface area (Å²) >= 11 is 1.33. The van der Waals surface area contributed by atoms with Crippen molar-refractivity contribution in [3.63, 3.8) is 0 Å². The lowest BCUT2D eigenvalue weighted by molar-refractivity contribution is 0.0985. The van der Waals surface area contributed by atoms with E-state index in [1.54, 1.807) is 37.3 Å². The van der Waals surface area contributed by atoms with Gasteiger partial charge in [-0.25, -0.2) is 13.4 Å². The van der Waals surface area contributed by atoms with Gasteiger partial charge in [0.15, 0.2) is 5.13 Å². The summed E-state index contributed by atoms with van der Waals surface area (Å²) in [6, 6.07) is 27.0. The maximum Gasteiger partial charge on any atom is 0.264 e. The topological polar surface area (TPSA) is 89.0 Å². The van der Waals surface area contributed by atoms with Gasteiger partial charge in [0.25, 0.3) is 15.9 Å². The number of nitrogens with zero attached hydrogens (tertiary/aromatic N) is 3. The van der Waals surface area contributed by atoms with Crippen molar-refractivity contribution < 1.29 is 22.7 Å². The second-order valence-corrected chi connectivity index (χ2v) is 12.7. The number of methoxy groups -OCH3 is 2. The lowest BCUT2D eigenvalue weighted by atomic mass is 10.0. The van der Waals surface area contributed by atoms with Gasteiger partial charge in [-0.05, 0) is 66.4 Å². The molecule has 42 heavy (non-hydrogen) atoms. The maximum atomic E-state index is 14.0. The van der Waals surface area contributed by atoms with Gasteiger partial charge >= 0.3 is 0 Å². The van der Waals surface area contributed by atoms with E-state index in [1.807, 2.05) is 60.7 Å². The molecule has 6 rings (SSSR count). The Hall–Kier alpha value is -4.41. The van der Waals surface area contributed by atoms with E-state index in [2.05, 4.69) is 0 Å². The second kappa shape index (κ2) is 11.5. The summed E-state index contributed by atoms with van der Waals surface area (Å²) in [6.07, 6.45) is 1.59. The van der Waals surface area contributed by atoms with Gasteiger partial charge in [-0.15, -0.1) is 0 Å². The van der Waals surface area contributed by atoms with Crippen LogP contribution in [-0.2, 0) is 23.0 Å². The molecular weight excluding hydrogens is 571 g/mol. The number of thiazole rings is 1. The number of hydrogen-bond donors (Lipinski definition) is 0. The molecule has 1 aliphatic rings. The predicted octanol–water partition coefficient (Wildman–Crippen LogP) is 6.30. The van der Waals surface area contributed by atoms with Gasteiger partial charge in [-0.2, -0.15) is 0 Å². The van der Waals surface area contributed by atoms with Crippen LogP contribution in [0.3, 0.4) is 0 Å². The van der Waals surface area contributed by atoms with Crippen LogP contribution in [0.2, 0.25) is 0 Å². The molecule has 4 aromatic carbocycles. The number of sulfonamides is 1. The van der Waals surface area contributed by atoms with Gasteiger partial charge in [0.2, 0.25) is 0 Å². The van der Waals surface area contributed by atoms with Crippen molar-refractivity contribution in [2.75, 3.05) is 30.0 Å². The van der Waals surface area contributed by atoms with Crippen LogP contribution in [0.1, 0.15) is 27.9 Å². The maximum absolute atomic E-state index is 14.0. The number of carbonyl (C=O) groups is 1. The van der Waals surface area contributed by atoms with E-state index in [0.29, 0.717) is 39.9 Å². The molecule has 5 aromatic rings. The molecule has 0 bridgehead atoms. The first kappa shape index (κ1) is 27.7. The standard InChI is InChI=1S/C32H29N3O5S2/c1-39-27-18-19-28(40-2)30-29(27)33-32(41-30)34(21-22-9-4-3-5-10-22)31(36)24-14-16-25(17-15-24)42(37,38)35-20-8-12-23-11-6-7-13-26(23)35/h3-7,9-11,13-19H,8,12,20-21H2,1-2H3. The Morgan fingerprint density at radius 3 is 2.33 bits per heavy atom. The van der Waals surface area contributed by atoms with Gasteiger partial charge in [0.05, 0.1) is 31.3 Å². The van der Waals surface area contributed by atoms with Crippen molar-refractivity contribution in [1.82, 2.24) is 4.98 Å². The van der Waals surface area contributed by atoms with Crippen LogP contribution in [0.25, 0.3) is 10.2 Å². The lowest BCUT2D eigenvalue weighted by Crippen LogP contribution is -2.35. The summed E-state index contributed by atoms with van der Waals surface area (Å²) in [6.45, 7) is 0.685. The number of benzene rings is 4. The van der Waals surface area contributed by atoms with Gasteiger partial charge in [-0.1, -0.05) is 59.9 Å². The Balaban J connectivity index is 1.36. The molecule has 0 N–H and O–H groups in total. The Bertz CT molecular complexity index is 1810. The largest absolute Gasteiger partial charge is 0.495 e. The SMILES string of the molecule is COc1ccc(OC)c2sc(N(Cc3ccccc3)C(=O)c3ccc(S(=O)(=O)N4CCCc5ccccc54)cc3)nc12. The van der Waals surface area contributed by atoms with E-state index in [-0.39, 0.29) is 17.3 Å². The van der Waals surface area contributed by atoms with Crippen LogP contribution in [0, 0.1) is 0 Å². The van der Waals surface area contributed by atoms with Crippen molar-refractivity contribution in [2.45, 2.75) is 24.3 Å². The third-order valence-corrected chi connectivity index (χ3v) is 10.2. The molecule has 0 atom stereocenters. The van der Waals surface area contributed by atoms with Crippen LogP contribution < -0.4 is 18.7 Å². The van der Waals surface area contributed by atoms with Crippen molar-refractivity contribution in [3.8, 4) is 11.5 Å². The number of para-hydroxylation sites is 1. The summed E-state index contributed by atoms with van der Waals surface area (Å²) in [7, 11) is -0.638. The smallest absolute Gasteiger partial charge is 0.264 e. The third-order valence-electron chi connectivity index (χ3n) is 7.32. The van der Waals surface area contributed by atoms with E-state index < -0.39 is 10.0 Å². The zero-order valence-corrected chi connectivity index (χ0v) is 24.8. The van der Waals surface area contributed by atoms with E-state index in [1.165, 1.54) is 27.8 Å². The number of hydrogen-bond acceptors (Lipinski definition) is 7. The first-order valence-corrected chi connectivity index (χ1v) is 15.7. The number of anilines is 2. The van der Waals surface area contributed by atoms with E-state index in [4.69, 9.17) is 14.5 Å². The van der Waals surface area contributed by atoms with Gasteiger partial charge in [-0.3, -0.25) is 14.0 Å². The molecule has 2 heterocycles. The highest BCUT2D eigenvalue weighted by atomic mass is 32.2. The van der Waals surface area contributed by atoms with Crippen LogP contribution in [0.4, 0.5) is 10.8 Å². The fraction of sp³-hybridized carbons (Fsp3) is 0.188. The average molecular weight is 600 g/mol. The minimum Gasteiger partial charge on any atom is -0.495 e. The van der Waals surface area contributed by atoms with Gasteiger partial charge in [0, 0.05) is 12.1 Å². The minimum absolute atomic E-state index is 0.139. The monoisotopic (exact) mass is 599 g/mol. The molecule has 1 aromatic heterocycles. The molecule has 1 amide bonds. The fourth-order valence-electron chi connectivity index (χ4n) is 5.18. The summed E-state index contributed by atoms with van der Waals surface area (Å²) < 4.78 is 40.6. The van der Waals surface area contributed by atoms with Gasteiger partial charge < -0.3 is 9.47 Å². The fourth-order valence-corrected chi connectivity index (χ4v) is 7.80. The highest BCUT2D eigenvalue weighted by Crippen LogP contribution is 2.41. The summed E-state index contributed by atoms with van der Waals surface area (Å²) in [4.78, 5) is 20.6. The molecule has 0 saturated heterocycles. The summed E-state index contributed by atoms with van der Waals surface area (Å²) in [5.74, 6) is 0.910. The van der Waals surface area contributed by atoms with Gasteiger partial charge in [0.1, 0.15) is 21.7 Å². The third kappa shape index (κ3) is 5.08. The van der Waals surface area contributed by atoms with Crippen molar-refractivity contribution in [2.24, 2.45) is 0 Å². The molecule has 214 valence electrons. The van der Waals surface area contributed by atoms with Crippen molar-refractivity contribution in [1.29, 1.82) is 0 Å². The quantitative estimate of drug-likeness (QED) is 0.208. The Labute approximate surface area is 248 Å². The number of aromatic nitrogens is 1. The Morgan fingerprint density at radius 1 is 0.905 bits per heavy atom. The molecule has 0 fully saturated rings. The zero-order valence-electron chi connectivity index (χ0n) is 23.2. The normalized spacial score (nSPS) is 13.0. The number of fused-ring (bicyclic) bond motifs is 2. The molecule has 0 unspecified atom stereocenters. The van der Waals surface area contributed by atoms with Crippen LogP contribution >= 0.6 is 11.3 Å². The molecule has 10 heteroatoms. The number of carbonyl (C=O) groups excluding carboxylic acids is 1. The first-order chi connectivity index (χ1) is 20.4. The summed E-state index contributed by atoms with van der Waals surface area (Å²) in [5, 5.41) is 0.475. The molecular formula is C32H29N3O5S2. The first-order valence-electron chi connectivity index (χ1n) is 13.5. The molecule has 1 aliphatic heterocycles. The molecule has 0 spiro atoms. The van der Waals surface area contributed by atoms with E-state index >= 15 is 0 Å².